The Labute approximate surface area is 95.0 Å². The smallest absolute Gasteiger partial charge is 0.00723 e. The predicted molar refractivity (Wildman–Crippen MR) is 66.9 cm³/mol. The van der Waals surface area contributed by atoms with E-state index in [1.54, 1.807) is 0 Å². The highest BCUT2D eigenvalue weighted by Gasteiger charge is 2.30. The topological polar surface area (TPSA) is 38.0 Å². The number of nitrogens with two attached hydrogens (primary N) is 1. The third kappa shape index (κ3) is 5.53. The highest BCUT2D eigenvalue weighted by atomic mass is 14.9. The average molecular weight is 212 g/mol. The zero-order valence-corrected chi connectivity index (χ0v) is 10.5. The highest BCUT2D eigenvalue weighted by molar-refractivity contribution is 4.86. The highest BCUT2D eigenvalue weighted by Crippen LogP contribution is 2.36. The summed E-state index contributed by atoms with van der Waals surface area (Å²) in [5.74, 6) is 0. The predicted octanol–water partition coefficient (Wildman–Crippen LogP) is 2.67. The summed E-state index contributed by atoms with van der Waals surface area (Å²) in [4.78, 5) is 0. The summed E-state index contributed by atoms with van der Waals surface area (Å²) in [6.45, 7) is 6.82. The van der Waals surface area contributed by atoms with Crippen molar-refractivity contribution in [2.45, 2.75) is 64.8 Å². The lowest BCUT2D eigenvalue weighted by Gasteiger charge is -2.17. The molecule has 0 amide bonds. The van der Waals surface area contributed by atoms with Gasteiger partial charge in [0.1, 0.15) is 0 Å². The van der Waals surface area contributed by atoms with Crippen molar-refractivity contribution in [2.24, 2.45) is 11.1 Å². The third-order valence-electron chi connectivity index (χ3n) is 3.53. The van der Waals surface area contributed by atoms with Gasteiger partial charge >= 0.3 is 0 Å². The molecule has 0 spiro atoms. The number of hydrogen-bond acceptors (Lipinski definition) is 2. The van der Waals surface area contributed by atoms with E-state index in [9.17, 15) is 0 Å². The number of hydrogen-bond donors (Lipinski definition) is 2. The molecule has 0 radical (unpaired) electrons. The molecule has 1 saturated carbocycles. The Kier molecular flexibility index (Phi) is 5.62. The van der Waals surface area contributed by atoms with Crippen molar-refractivity contribution in [3.05, 3.63) is 0 Å². The van der Waals surface area contributed by atoms with E-state index in [0.29, 0.717) is 5.41 Å². The van der Waals surface area contributed by atoms with Crippen molar-refractivity contribution in [1.82, 2.24) is 5.32 Å². The second-order valence-electron chi connectivity index (χ2n) is 5.76. The van der Waals surface area contributed by atoms with Crippen molar-refractivity contribution >= 4 is 0 Å². The van der Waals surface area contributed by atoms with Crippen LogP contribution in [0.3, 0.4) is 0 Å². The first-order valence-corrected chi connectivity index (χ1v) is 6.57. The maximum atomic E-state index is 5.46. The molecule has 0 aliphatic heterocycles. The van der Waals surface area contributed by atoms with Gasteiger partial charge in [0, 0.05) is 6.04 Å². The van der Waals surface area contributed by atoms with E-state index < -0.39 is 0 Å². The van der Waals surface area contributed by atoms with Crippen LogP contribution in [0.5, 0.6) is 0 Å². The Hall–Kier alpha value is -0.0800. The lowest BCUT2D eigenvalue weighted by molar-refractivity contribution is 0.363. The molecule has 2 heteroatoms. The van der Waals surface area contributed by atoms with Crippen molar-refractivity contribution in [2.75, 3.05) is 13.1 Å². The largest absolute Gasteiger partial charge is 0.330 e. The molecule has 2 nitrogen and oxygen atoms in total. The first-order valence-electron chi connectivity index (χ1n) is 6.57. The van der Waals surface area contributed by atoms with Gasteiger partial charge in [-0.05, 0) is 50.6 Å². The quantitative estimate of drug-likeness (QED) is 0.637. The van der Waals surface area contributed by atoms with Gasteiger partial charge in [0.2, 0.25) is 0 Å². The molecule has 15 heavy (non-hydrogen) atoms. The van der Waals surface area contributed by atoms with Crippen LogP contribution >= 0.6 is 0 Å². The van der Waals surface area contributed by atoms with Crippen molar-refractivity contribution in [3.8, 4) is 0 Å². The van der Waals surface area contributed by atoms with Crippen LogP contribution in [-0.2, 0) is 0 Å². The fourth-order valence-corrected chi connectivity index (χ4v) is 2.54. The van der Waals surface area contributed by atoms with Gasteiger partial charge < -0.3 is 11.1 Å². The summed E-state index contributed by atoms with van der Waals surface area (Å²) in [7, 11) is 0. The summed E-state index contributed by atoms with van der Waals surface area (Å²) in [5.41, 5.74) is 6.04. The first kappa shape index (κ1) is 13.0. The number of rotatable bonds is 7. The number of nitrogens with one attached hydrogen (secondary N) is 1. The zero-order valence-electron chi connectivity index (χ0n) is 10.5. The van der Waals surface area contributed by atoms with Gasteiger partial charge in [0.15, 0.2) is 0 Å². The normalized spacial score (nSPS) is 24.6. The van der Waals surface area contributed by atoms with Crippen LogP contribution in [0.2, 0.25) is 0 Å². The fraction of sp³-hybridized carbons (Fsp3) is 1.00. The summed E-state index contributed by atoms with van der Waals surface area (Å²) < 4.78 is 0. The van der Waals surface area contributed by atoms with Gasteiger partial charge in [0.25, 0.3) is 0 Å². The van der Waals surface area contributed by atoms with Gasteiger partial charge in [0.05, 0.1) is 0 Å². The second-order valence-corrected chi connectivity index (χ2v) is 5.76. The van der Waals surface area contributed by atoms with E-state index in [1.165, 1.54) is 51.5 Å². The van der Waals surface area contributed by atoms with E-state index in [0.717, 1.165) is 12.6 Å². The third-order valence-corrected chi connectivity index (χ3v) is 3.53. The minimum atomic E-state index is 0.581. The summed E-state index contributed by atoms with van der Waals surface area (Å²) in [5, 5.41) is 3.68. The van der Waals surface area contributed by atoms with Crippen LogP contribution in [0.25, 0.3) is 0 Å². The maximum Gasteiger partial charge on any atom is 0.00723 e. The molecule has 1 atom stereocenters. The maximum absolute atomic E-state index is 5.46. The lowest BCUT2D eigenvalue weighted by atomic mass is 9.92. The summed E-state index contributed by atoms with van der Waals surface area (Å²) in [6, 6.07) is 0.787. The van der Waals surface area contributed by atoms with Gasteiger partial charge in [-0.3, -0.25) is 0 Å². The van der Waals surface area contributed by atoms with Crippen molar-refractivity contribution in [3.63, 3.8) is 0 Å². The SMILES string of the molecule is CC1(C)CCC(NCCCCCCN)C1. The van der Waals surface area contributed by atoms with Crippen LogP contribution in [0.1, 0.15) is 58.8 Å². The molecular formula is C13H28N2. The minimum absolute atomic E-state index is 0.581. The molecule has 3 N–H and O–H groups in total. The Morgan fingerprint density at radius 1 is 1.20 bits per heavy atom. The Morgan fingerprint density at radius 3 is 2.53 bits per heavy atom. The van der Waals surface area contributed by atoms with Crippen molar-refractivity contribution in [1.29, 1.82) is 0 Å². The monoisotopic (exact) mass is 212 g/mol. The van der Waals surface area contributed by atoms with E-state index in [1.807, 2.05) is 0 Å². The van der Waals surface area contributed by atoms with Crippen LogP contribution in [0.15, 0.2) is 0 Å². The van der Waals surface area contributed by atoms with E-state index >= 15 is 0 Å². The summed E-state index contributed by atoms with van der Waals surface area (Å²) >= 11 is 0. The summed E-state index contributed by atoms with van der Waals surface area (Å²) in [6.07, 6.45) is 9.26. The lowest BCUT2D eigenvalue weighted by Crippen LogP contribution is -2.28. The molecular weight excluding hydrogens is 184 g/mol. The van der Waals surface area contributed by atoms with Gasteiger partial charge in [-0.25, -0.2) is 0 Å². The zero-order chi connectivity index (χ0) is 11.1. The molecule has 1 unspecified atom stereocenters. The fourth-order valence-electron chi connectivity index (χ4n) is 2.54. The molecule has 0 aromatic carbocycles. The minimum Gasteiger partial charge on any atom is -0.330 e. The van der Waals surface area contributed by atoms with Gasteiger partial charge in [-0.15, -0.1) is 0 Å². The molecule has 0 aromatic rings. The van der Waals surface area contributed by atoms with Crippen LogP contribution in [0, 0.1) is 5.41 Å². The molecule has 0 bridgehead atoms. The van der Waals surface area contributed by atoms with Gasteiger partial charge in [-0.2, -0.15) is 0 Å². The first-order chi connectivity index (χ1) is 7.14. The standard InChI is InChI=1S/C13H28N2/c1-13(2)8-7-12(11-13)15-10-6-4-3-5-9-14/h12,15H,3-11,14H2,1-2H3. The second kappa shape index (κ2) is 6.49. The Bertz CT molecular complexity index is 166. The molecule has 1 aliphatic rings. The van der Waals surface area contributed by atoms with E-state index in [-0.39, 0.29) is 0 Å². The molecule has 90 valence electrons. The molecule has 1 aliphatic carbocycles. The Balaban J connectivity index is 1.93. The van der Waals surface area contributed by atoms with Crippen LogP contribution < -0.4 is 11.1 Å². The van der Waals surface area contributed by atoms with E-state index in [4.69, 9.17) is 5.73 Å². The van der Waals surface area contributed by atoms with Crippen molar-refractivity contribution < 1.29 is 0 Å². The van der Waals surface area contributed by atoms with Crippen LogP contribution in [-0.4, -0.2) is 19.1 Å². The molecule has 1 rings (SSSR count). The molecule has 0 saturated heterocycles. The average Bonchev–Trinajstić information content (AvgIpc) is 2.52. The number of unbranched alkanes of at least 4 members (excludes halogenated alkanes) is 3. The molecule has 0 aromatic heterocycles. The van der Waals surface area contributed by atoms with Crippen LogP contribution in [0.4, 0.5) is 0 Å². The Morgan fingerprint density at radius 2 is 1.93 bits per heavy atom. The molecule has 0 heterocycles. The molecule has 1 fully saturated rings. The van der Waals surface area contributed by atoms with Gasteiger partial charge in [-0.1, -0.05) is 26.7 Å². The van der Waals surface area contributed by atoms with E-state index in [2.05, 4.69) is 19.2 Å².